The Kier molecular flexibility index (Phi) is 5.31. The largest absolute Gasteiger partial charge is 0.497 e. The number of H-pyrrole nitrogens is 1. The number of Topliss-reactive ketones (excluding diaryl/α,β-unsaturated/α-hetero) is 1. The predicted molar refractivity (Wildman–Crippen MR) is 119 cm³/mol. The van der Waals surface area contributed by atoms with Gasteiger partial charge >= 0.3 is 0 Å². The maximum absolute atomic E-state index is 12.5. The number of benzene rings is 2. The van der Waals surface area contributed by atoms with Crippen molar-refractivity contribution in [2.75, 3.05) is 12.8 Å². The highest BCUT2D eigenvalue weighted by Crippen LogP contribution is 2.33. The predicted octanol–water partition coefficient (Wildman–Crippen LogP) is 3.74. The molecule has 0 atom stereocenters. The van der Waals surface area contributed by atoms with E-state index in [1.165, 1.54) is 6.92 Å². The second-order valence-electron chi connectivity index (χ2n) is 6.78. The standard InChI is InChI=1S/C22H18ClN5O3/c1-12(29)18-20(25-22(24)26-21(18)30)17-11-28(15-5-3-4-14(23)10-15)27-19(17)13-6-8-16(31-2)9-7-13/h3-11H,1-2H3,(H3,24,25,26,30). The van der Waals surface area contributed by atoms with Crippen LogP contribution in [0.4, 0.5) is 5.95 Å². The van der Waals surface area contributed by atoms with E-state index in [9.17, 15) is 9.59 Å². The molecule has 0 unspecified atom stereocenters. The van der Waals surface area contributed by atoms with E-state index >= 15 is 0 Å². The summed E-state index contributed by atoms with van der Waals surface area (Å²) < 4.78 is 6.85. The third kappa shape index (κ3) is 3.93. The Morgan fingerprint density at radius 3 is 2.55 bits per heavy atom. The van der Waals surface area contributed by atoms with Gasteiger partial charge in [-0.2, -0.15) is 5.10 Å². The first-order valence-corrected chi connectivity index (χ1v) is 9.66. The number of nitrogens with two attached hydrogens (primary N) is 1. The summed E-state index contributed by atoms with van der Waals surface area (Å²) in [4.78, 5) is 31.4. The molecule has 0 aliphatic heterocycles. The lowest BCUT2D eigenvalue weighted by Crippen LogP contribution is -2.21. The van der Waals surface area contributed by atoms with Crippen LogP contribution in [0.2, 0.25) is 5.02 Å². The third-order valence-corrected chi connectivity index (χ3v) is 4.93. The van der Waals surface area contributed by atoms with Gasteiger partial charge in [0, 0.05) is 22.3 Å². The molecule has 0 spiro atoms. The minimum Gasteiger partial charge on any atom is -0.497 e. The fourth-order valence-electron chi connectivity index (χ4n) is 3.27. The number of nitrogen functional groups attached to an aromatic ring is 1. The van der Waals surface area contributed by atoms with Crippen LogP contribution in [0.25, 0.3) is 28.2 Å². The molecule has 0 bridgehead atoms. The number of hydrogen-bond acceptors (Lipinski definition) is 6. The van der Waals surface area contributed by atoms with Crippen molar-refractivity contribution in [3.8, 4) is 34.0 Å². The quantitative estimate of drug-likeness (QED) is 0.461. The number of aromatic amines is 1. The highest BCUT2D eigenvalue weighted by Gasteiger charge is 2.23. The SMILES string of the molecule is COc1ccc(-c2nn(-c3cccc(Cl)c3)cc2-c2nc(N)[nH]c(=O)c2C(C)=O)cc1. The molecule has 4 aromatic rings. The molecule has 2 aromatic heterocycles. The Morgan fingerprint density at radius 2 is 1.90 bits per heavy atom. The van der Waals surface area contributed by atoms with E-state index in [4.69, 9.17) is 27.2 Å². The van der Waals surface area contributed by atoms with E-state index in [-0.39, 0.29) is 17.2 Å². The average Bonchev–Trinajstić information content (AvgIpc) is 3.18. The topological polar surface area (TPSA) is 116 Å². The van der Waals surface area contributed by atoms with Crippen LogP contribution >= 0.6 is 11.6 Å². The summed E-state index contributed by atoms with van der Waals surface area (Å²) in [6.45, 7) is 1.31. The van der Waals surface area contributed by atoms with E-state index in [0.29, 0.717) is 27.7 Å². The number of carbonyl (C=O) groups excluding carboxylic acids is 1. The number of halogens is 1. The summed E-state index contributed by atoms with van der Waals surface area (Å²) in [5.74, 6) is 0.156. The fourth-order valence-corrected chi connectivity index (χ4v) is 3.46. The zero-order valence-electron chi connectivity index (χ0n) is 16.7. The van der Waals surface area contributed by atoms with Crippen LogP contribution in [-0.2, 0) is 0 Å². The van der Waals surface area contributed by atoms with E-state index in [0.717, 1.165) is 5.56 Å². The monoisotopic (exact) mass is 435 g/mol. The summed E-state index contributed by atoms with van der Waals surface area (Å²) in [6, 6.07) is 14.4. The normalized spacial score (nSPS) is 10.8. The molecule has 156 valence electrons. The van der Waals surface area contributed by atoms with Crippen LogP contribution in [0.1, 0.15) is 17.3 Å². The summed E-state index contributed by atoms with van der Waals surface area (Å²) in [5, 5.41) is 5.24. The zero-order chi connectivity index (χ0) is 22.1. The van der Waals surface area contributed by atoms with Crippen LogP contribution in [0.3, 0.4) is 0 Å². The van der Waals surface area contributed by atoms with Crippen molar-refractivity contribution in [1.82, 2.24) is 19.7 Å². The van der Waals surface area contributed by atoms with E-state index in [1.807, 2.05) is 18.2 Å². The van der Waals surface area contributed by atoms with Gasteiger partial charge in [0.05, 0.1) is 18.5 Å². The molecule has 0 aliphatic carbocycles. The zero-order valence-corrected chi connectivity index (χ0v) is 17.5. The maximum atomic E-state index is 12.5. The molecule has 2 heterocycles. The van der Waals surface area contributed by atoms with Crippen molar-refractivity contribution in [2.24, 2.45) is 0 Å². The van der Waals surface area contributed by atoms with Crippen LogP contribution < -0.4 is 16.0 Å². The first kappa shape index (κ1) is 20.4. The Morgan fingerprint density at radius 1 is 1.16 bits per heavy atom. The lowest BCUT2D eigenvalue weighted by atomic mass is 10.0. The minimum atomic E-state index is -0.605. The van der Waals surface area contributed by atoms with Gasteiger partial charge in [-0.25, -0.2) is 9.67 Å². The van der Waals surface area contributed by atoms with Gasteiger partial charge in [-0.15, -0.1) is 0 Å². The molecular weight excluding hydrogens is 418 g/mol. The second kappa shape index (κ2) is 8.08. The number of nitrogens with zero attached hydrogens (tertiary/aromatic N) is 3. The van der Waals surface area contributed by atoms with Gasteiger partial charge in [-0.3, -0.25) is 14.6 Å². The van der Waals surface area contributed by atoms with Gasteiger partial charge in [0.1, 0.15) is 17.0 Å². The maximum Gasteiger partial charge on any atom is 0.263 e. The number of ketones is 1. The van der Waals surface area contributed by atoms with Gasteiger partial charge in [0.2, 0.25) is 5.95 Å². The Bertz CT molecular complexity index is 1340. The van der Waals surface area contributed by atoms with E-state index in [2.05, 4.69) is 9.97 Å². The Labute approximate surface area is 182 Å². The van der Waals surface area contributed by atoms with Crippen molar-refractivity contribution in [3.63, 3.8) is 0 Å². The molecule has 9 heteroatoms. The van der Waals surface area contributed by atoms with Crippen LogP contribution in [0, 0.1) is 0 Å². The fraction of sp³-hybridized carbons (Fsp3) is 0.0909. The van der Waals surface area contributed by atoms with Gasteiger partial charge in [-0.05, 0) is 49.4 Å². The average molecular weight is 436 g/mol. The lowest BCUT2D eigenvalue weighted by Gasteiger charge is -2.07. The Hall–Kier alpha value is -3.91. The number of methoxy groups -OCH3 is 1. The van der Waals surface area contributed by atoms with Gasteiger partial charge in [0.15, 0.2) is 5.78 Å². The van der Waals surface area contributed by atoms with Crippen molar-refractivity contribution in [3.05, 3.63) is 75.7 Å². The number of aromatic nitrogens is 4. The third-order valence-electron chi connectivity index (χ3n) is 4.70. The molecule has 4 rings (SSSR count). The summed E-state index contributed by atoms with van der Waals surface area (Å²) in [7, 11) is 1.58. The number of nitrogens with one attached hydrogen (secondary N) is 1. The molecule has 0 saturated heterocycles. The van der Waals surface area contributed by atoms with Crippen LogP contribution in [-0.4, -0.2) is 32.6 Å². The minimum absolute atomic E-state index is 0.0883. The number of hydrogen-bond donors (Lipinski definition) is 2. The van der Waals surface area contributed by atoms with Gasteiger partial charge in [-0.1, -0.05) is 17.7 Å². The highest BCUT2D eigenvalue weighted by atomic mass is 35.5. The summed E-state index contributed by atoms with van der Waals surface area (Å²) >= 11 is 6.14. The number of ether oxygens (including phenoxy) is 1. The number of carbonyl (C=O) groups is 1. The summed E-state index contributed by atoms with van der Waals surface area (Å²) in [5.41, 5.74) is 7.70. The van der Waals surface area contributed by atoms with Crippen molar-refractivity contribution < 1.29 is 9.53 Å². The number of anilines is 1. The van der Waals surface area contributed by atoms with Gasteiger partial charge in [0.25, 0.3) is 5.56 Å². The van der Waals surface area contributed by atoms with E-state index < -0.39 is 11.3 Å². The Balaban J connectivity index is 2.01. The van der Waals surface area contributed by atoms with Crippen LogP contribution in [0.15, 0.2) is 59.5 Å². The first-order valence-electron chi connectivity index (χ1n) is 9.28. The molecule has 8 nitrogen and oxygen atoms in total. The molecule has 0 saturated carbocycles. The second-order valence-corrected chi connectivity index (χ2v) is 7.21. The van der Waals surface area contributed by atoms with Crippen LogP contribution in [0.5, 0.6) is 5.75 Å². The summed E-state index contributed by atoms with van der Waals surface area (Å²) in [6.07, 6.45) is 1.69. The smallest absolute Gasteiger partial charge is 0.263 e. The molecular formula is C22H18ClN5O3. The van der Waals surface area contributed by atoms with Crippen molar-refractivity contribution >= 4 is 23.3 Å². The van der Waals surface area contributed by atoms with Crippen molar-refractivity contribution in [1.29, 1.82) is 0 Å². The highest BCUT2D eigenvalue weighted by molar-refractivity contribution is 6.30. The molecule has 0 aliphatic rings. The van der Waals surface area contributed by atoms with Gasteiger partial charge < -0.3 is 10.5 Å². The van der Waals surface area contributed by atoms with E-state index in [1.54, 1.807) is 48.3 Å². The molecule has 2 aromatic carbocycles. The molecule has 0 radical (unpaired) electrons. The number of rotatable bonds is 5. The molecule has 0 fully saturated rings. The lowest BCUT2D eigenvalue weighted by molar-refractivity contribution is 0.101. The first-order chi connectivity index (χ1) is 14.9. The van der Waals surface area contributed by atoms with Crippen molar-refractivity contribution in [2.45, 2.75) is 6.92 Å². The molecule has 0 amide bonds. The molecule has 3 N–H and O–H groups in total. The molecule has 31 heavy (non-hydrogen) atoms.